The van der Waals surface area contributed by atoms with Crippen LogP contribution in [0.4, 0.5) is 0 Å². The van der Waals surface area contributed by atoms with Crippen LogP contribution in [0.15, 0.2) is 71.5 Å². The molecule has 1 aliphatic heterocycles. The van der Waals surface area contributed by atoms with Crippen molar-refractivity contribution in [3.05, 3.63) is 104 Å². The van der Waals surface area contributed by atoms with Gasteiger partial charge in [0.25, 0.3) is 11.5 Å². The molecule has 1 aliphatic rings. The third-order valence-electron chi connectivity index (χ3n) is 5.66. The molecular weight excluding hydrogens is 475 g/mol. The normalized spacial score (nSPS) is 12.5. The molecule has 0 unspecified atom stereocenters. The highest BCUT2D eigenvalue weighted by molar-refractivity contribution is 6.33. The molecule has 0 aliphatic carbocycles. The molecule has 0 saturated heterocycles. The topological polar surface area (TPSA) is 71.6 Å². The summed E-state index contributed by atoms with van der Waals surface area (Å²) in [5.74, 6) is 0.917. The molecule has 34 heavy (non-hydrogen) atoms. The highest BCUT2D eigenvalue weighted by atomic mass is 35.5. The van der Waals surface area contributed by atoms with Crippen molar-refractivity contribution in [3.8, 4) is 11.5 Å². The first-order valence-corrected chi connectivity index (χ1v) is 11.5. The van der Waals surface area contributed by atoms with E-state index in [1.165, 1.54) is 0 Å². The predicted octanol–water partition coefficient (Wildman–Crippen LogP) is 5.45. The second-order valence-corrected chi connectivity index (χ2v) is 8.75. The summed E-state index contributed by atoms with van der Waals surface area (Å²) < 4.78 is 11.3. The minimum Gasteiger partial charge on any atom is -0.486 e. The summed E-state index contributed by atoms with van der Waals surface area (Å²) in [6.07, 6.45) is 0. The van der Waals surface area contributed by atoms with Gasteiger partial charge < -0.3 is 19.4 Å². The lowest BCUT2D eigenvalue weighted by atomic mass is 10.1. The lowest BCUT2D eigenvalue weighted by Crippen LogP contribution is -2.32. The van der Waals surface area contributed by atoms with Gasteiger partial charge in [-0.1, -0.05) is 53.5 Å². The Morgan fingerprint density at radius 2 is 1.50 bits per heavy atom. The molecule has 1 N–H and O–H groups in total. The van der Waals surface area contributed by atoms with Gasteiger partial charge in [-0.25, -0.2) is 0 Å². The Bertz CT molecular complexity index is 1450. The first-order valence-electron chi connectivity index (χ1n) is 10.7. The maximum absolute atomic E-state index is 13.5. The van der Waals surface area contributed by atoms with Crippen molar-refractivity contribution in [3.63, 3.8) is 0 Å². The SMILES string of the molecule is O=C(c1ccccc1Cl)N(Cc1ccccc1Cl)Cc1cc2cc3c(cc2[nH]c1=O)OCCO3. The summed E-state index contributed by atoms with van der Waals surface area (Å²) in [6.45, 7) is 1.20. The quantitative estimate of drug-likeness (QED) is 0.400. The van der Waals surface area contributed by atoms with Crippen molar-refractivity contribution < 1.29 is 14.3 Å². The molecule has 0 spiro atoms. The lowest BCUT2D eigenvalue weighted by molar-refractivity contribution is 0.0729. The van der Waals surface area contributed by atoms with Crippen molar-refractivity contribution in [1.29, 1.82) is 0 Å². The van der Waals surface area contributed by atoms with E-state index in [9.17, 15) is 9.59 Å². The Kier molecular flexibility index (Phi) is 6.18. The molecule has 172 valence electrons. The molecule has 1 amide bonds. The maximum atomic E-state index is 13.5. The third kappa shape index (κ3) is 4.47. The smallest absolute Gasteiger partial charge is 0.255 e. The molecule has 8 heteroatoms. The summed E-state index contributed by atoms with van der Waals surface area (Å²) in [7, 11) is 0. The standard InChI is InChI=1S/C26H20Cl2N2O4/c27-20-7-3-1-5-16(20)14-30(26(32)19-6-2-4-8-21(19)28)15-18-11-17-12-23-24(34-10-9-33-23)13-22(17)29-25(18)31/h1-8,11-13H,9-10,14-15H2,(H,29,31). The van der Waals surface area contributed by atoms with Crippen LogP contribution in [0.3, 0.4) is 0 Å². The van der Waals surface area contributed by atoms with E-state index in [0.29, 0.717) is 51.4 Å². The number of nitrogens with one attached hydrogen (secondary N) is 1. The van der Waals surface area contributed by atoms with E-state index >= 15 is 0 Å². The van der Waals surface area contributed by atoms with Crippen LogP contribution in [-0.4, -0.2) is 29.0 Å². The van der Waals surface area contributed by atoms with Gasteiger partial charge in [0.1, 0.15) is 13.2 Å². The number of amides is 1. The van der Waals surface area contributed by atoms with E-state index in [2.05, 4.69) is 4.98 Å². The largest absolute Gasteiger partial charge is 0.486 e. The Morgan fingerprint density at radius 3 is 2.24 bits per heavy atom. The second-order valence-electron chi connectivity index (χ2n) is 7.94. The summed E-state index contributed by atoms with van der Waals surface area (Å²) >= 11 is 12.7. The average Bonchev–Trinajstić information content (AvgIpc) is 2.84. The van der Waals surface area contributed by atoms with Gasteiger partial charge in [0.2, 0.25) is 0 Å². The van der Waals surface area contributed by atoms with Crippen molar-refractivity contribution in [1.82, 2.24) is 9.88 Å². The Balaban J connectivity index is 1.54. The Labute approximate surface area is 205 Å². The van der Waals surface area contributed by atoms with Gasteiger partial charge in [-0.2, -0.15) is 0 Å². The van der Waals surface area contributed by atoms with Gasteiger partial charge >= 0.3 is 0 Å². The van der Waals surface area contributed by atoms with Crippen LogP contribution < -0.4 is 15.0 Å². The molecule has 1 aromatic heterocycles. The van der Waals surface area contributed by atoms with Crippen molar-refractivity contribution in [2.75, 3.05) is 13.2 Å². The number of benzene rings is 3. The second kappa shape index (κ2) is 9.41. The number of carbonyl (C=O) groups excluding carboxylic acids is 1. The summed E-state index contributed by atoms with van der Waals surface area (Å²) in [6, 6.07) is 19.5. The number of nitrogens with zero attached hydrogens (tertiary/aromatic N) is 1. The molecule has 5 rings (SSSR count). The van der Waals surface area contributed by atoms with Crippen LogP contribution in [-0.2, 0) is 13.1 Å². The predicted molar refractivity (Wildman–Crippen MR) is 132 cm³/mol. The fraction of sp³-hybridized carbons (Fsp3) is 0.154. The van der Waals surface area contributed by atoms with Crippen LogP contribution in [0.1, 0.15) is 21.5 Å². The van der Waals surface area contributed by atoms with E-state index in [1.54, 1.807) is 47.4 Å². The number of hydrogen-bond donors (Lipinski definition) is 1. The highest BCUT2D eigenvalue weighted by Gasteiger charge is 2.22. The number of ether oxygens (including phenoxy) is 2. The number of aromatic amines is 1. The number of aromatic nitrogens is 1. The number of carbonyl (C=O) groups is 1. The molecule has 0 saturated carbocycles. The van der Waals surface area contributed by atoms with Gasteiger partial charge in [0.15, 0.2) is 11.5 Å². The minimum absolute atomic E-state index is 0.0645. The molecule has 4 aromatic rings. The minimum atomic E-state index is -0.299. The van der Waals surface area contributed by atoms with Gasteiger partial charge in [0, 0.05) is 28.6 Å². The average molecular weight is 495 g/mol. The monoisotopic (exact) mass is 494 g/mol. The molecule has 6 nitrogen and oxygen atoms in total. The van der Waals surface area contributed by atoms with E-state index in [-0.39, 0.29) is 24.6 Å². The fourth-order valence-electron chi connectivity index (χ4n) is 3.95. The summed E-state index contributed by atoms with van der Waals surface area (Å²) in [4.78, 5) is 30.9. The van der Waals surface area contributed by atoms with Crippen molar-refractivity contribution >= 4 is 40.0 Å². The molecule has 0 bridgehead atoms. The molecule has 0 radical (unpaired) electrons. The van der Waals surface area contributed by atoms with E-state index in [4.69, 9.17) is 32.7 Å². The van der Waals surface area contributed by atoms with E-state index < -0.39 is 0 Å². The van der Waals surface area contributed by atoms with Gasteiger partial charge in [-0.3, -0.25) is 9.59 Å². The number of H-pyrrole nitrogens is 1. The number of halogens is 2. The molecule has 3 aromatic carbocycles. The Hall–Kier alpha value is -3.48. The summed E-state index contributed by atoms with van der Waals surface area (Å²) in [5, 5.41) is 1.66. The van der Waals surface area contributed by atoms with Crippen LogP contribution in [0.25, 0.3) is 10.9 Å². The number of fused-ring (bicyclic) bond motifs is 2. The zero-order chi connectivity index (χ0) is 23.7. The lowest BCUT2D eigenvalue weighted by Gasteiger charge is -2.24. The number of hydrogen-bond acceptors (Lipinski definition) is 4. The van der Waals surface area contributed by atoms with Gasteiger partial charge in [-0.15, -0.1) is 0 Å². The molecule has 2 heterocycles. The first-order chi connectivity index (χ1) is 16.5. The zero-order valence-corrected chi connectivity index (χ0v) is 19.5. The van der Waals surface area contributed by atoms with Gasteiger partial charge in [0.05, 0.1) is 22.6 Å². The van der Waals surface area contributed by atoms with Crippen LogP contribution >= 0.6 is 23.2 Å². The third-order valence-corrected chi connectivity index (χ3v) is 6.35. The van der Waals surface area contributed by atoms with Crippen molar-refractivity contribution in [2.24, 2.45) is 0 Å². The van der Waals surface area contributed by atoms with Crippen LogP contribution in [0.2, 0.25) is 10.0 Å². The highest BCUT2D eigenvalue weighted by Crippen LogP contribution is 2.34. The maximum Gasteiger partial charge on any atom is 0.255 e. The molecule has 0 fully saturated rings. The fourth-order valence-corrected chi connectivity index (χ4v) is 4.36. The van der Waals surface area contributed by atoms with E-state index in [1.807, 2.05) is 24.3 Å². The van der Waals surface area contributed by atoms with Gasteiger partial charge in [-0.05, 0) is 35.9 Å². The van der Waals surface area contributed by atoms with Crippen LogP contribution in [0.5, 0.6) is 11.5 Å². The van der Waals surface area contributed by atoms with Crippen LogP contribution in [0, 0.1) is 0 Å². The number of rotatable bonds is 5. The first kappa shape index (κ1) is 22.3. The Morgan fingerprint density at radius 1 is 0.853 bits per heavy atom. The molecular formula is C26H20Cl2N2O4. The zero-order valence-electron chi connectivity index (χ0n) is 18.0. The van der Waals surface area contributed by atoms with E-state index in [0.717, 1.165) is 10.9 Å². The van der Waals surface area contributed by atoms with Crippen molar-refractivity contribution in [2.45, 2.75) is 13.1 Å². The summed E-state index contributed by atoms with van der Waals surface area (Å²) in [5.41, 5.74) is 1.89. The number of pyridine rings is 1. The molecule has 0 atom stereocenters.